The van der Waals surface area contributed by atoms with E-state index in [1.165, 1.54) is 13.3 Å². The number of para-hydroxylation sites is 2. The number of fused-ring (bicyclic) bond motifs is 1. The van der Waals surface area contributed by atoms with Gasteiger partial charge in [0.15, 0.2) is 11.5 Å². The maximum atomic E-state index is 12.4. The summed E-state index contributed by atoms with van der Waals surface area (Å²) in [5.41, 5.74) is 0.279. The molecule has 28 heavy (non-hydrogen) atoms. The van der Waals surface area contributed by atoms with Crippen LogP contribution in [0, 0.1) is 11.3 Å². The number of ether oxygens (including phenoxy) is 3. The first-order valence-electron chi connectivity index (χ1n) is 8.47. The number of carbonyl (C=O) groups is 1. The Balaban J connectivity index is 1.59. The molecule has 1 amide bonds. The van der Waals surface area contributed by atoms with Crippen molar-refractivity contribution in [2.75, 3.05) is 25.6 Å². The molecule has 8 heteroatoms. The van der Waals surface area contributed by atoms with Gasteiger partial charge in [-0.25, -0.2) is 0 Å². The van der Waals surface area contributed by atoms with Gasteiger partial charge in [-0.05, 0) is 30.3 Å². The second-order valence-electron chi connectivity index (χ2n) is 5.87. The van der Waals surface area contributed by atoms with Crippen molar-refractivity contribution in [2.45, 2.75) is 6.10 Å². The largest absolute Gasteiger partial charge is 0.495 e. The van der Waals surface area contributed by atoms with Crippen LogP contribution in [-0.4, -0.2) is 32.3 Å². The zero-order valence-corrected chi connectivity index (χ0v) is 15.8. The molecule has 0 aromatic heterocycles. The third-order valence-corrected chi connectivity index (χ3v) is 4.17. The second kappa shape index (κ2) is 9.02. The summed E-state index contributed by atoms with van der Waals surface area (Å²) in [6.07, 6.45) is 1.10. The van der Waals surface area contributed by atoms with Crippen LogP contribution in [-0.2, 0) is 4.79 Å². The maximum Gasteiger partial charge on any atom is 0.267 e. The average Bonchev–Trinajstić information content (AvgIpc) is 2.71. The molecule has 0 fully saturated rings. The zero-order valence-electron chi connectivity index (χ0n) is 15.1. The minimum Gasteiger partial charge on any atom is -0.495 e. The highest BCUT2D eigenvalue weighted by molar-refractivity contribution is 6.31. The Bertz CT molecular complexity index is 939. The number of amides is 1. The maximum absolute atomic E-state index is 12.4. The van der Waals surface area contributed by atoms with Gasteiger partial charge in [0.2, 0.25) is 0 Å². The van der Waals surface area contributed by atoms with Crippen LogP contribution >= 0.6 is 11.6 Å². The van der Waals surface area contributed by atoms with Gasteiger partial charge < -0.3 is 24.8 Å². The predicted octanol–water partition coefficient (Wildman–Crippen LogP) is 3.12. The molecule has 2 N–H and O–H groups in total. The molecule has 1 unspecified atom stereocenters. The van der Waals surface area contributed by atoms with E-state index in [2.05, 4.69) is 10.6 Å². The van der Waals surface area contributed by atoms with Crippen molar-refractivity contribution in [2.24, 2.45) is 0 Å². The lowest BCUT2D eigenvalue weighted by Crippen LogP contribution is -2.37. The van der Waals surface area contributed by atoms with E-state index in [-0.39, 0.29) is 11.7 Å². The van der Waals surface area contributed by atoms with Gasteiger partial charge in [0.25, 0.3) is 5.91 Å². The van der Waals surface area contributed by atoms with E-state index in [0.717, 1.165) is 0 Å². The van der Waals surface area contributed by atoms with Crippen LogP contribution in [0.4, 0.5) is 5.69 Å². The Hall–Kier alpha value is -3.37. The minimum absolute atomic E-state index is 0.0980. The number of carbonyl (C=O) groups excluding carboxylic acids is 1. The Kier molecular flexibility index (Phi) is 6.25. The van der Waals surface area contributed by atoms with Crippen molar-refractivity contribution >= 4 is 23.2 Å². The molecule has 2 aromatic rings. The minimum atomic E-state index is -0.582. The van der Waals surface area contributed by atoms with E-state index in [4.69, 9.17) is 25.8 Å². The topological polar surface area (TPSA) is 92.6 Å². The molecule has 0 saturated carbocycles. The smallest absolute Gasteiger partial charge is 0.267 e. The fraction of sp³-hybridized carbons (Fsp3) is 0.200. The lowest BCUT2D eigenvalue weighted by atomic mass is 10.2. The van der Waals surface area contributed by atoms with E-state index in [1.807, 2.05) is 30.3 Å². The standard InChI is InChI=1S/C20H18ClN3O4/c1-26-17-7-6-14(21)8-16(17)24-20(25)13(9-22)10-23-11-15-12-27-18-4-2-3-5-19(18)28-15/h2-8,10,15,23H,11-12H2,1H3,(H,24,25)/b13-10-. The number of nitriles is 1. The molecule has 0 bridgehead atoms. The summed E-state index contributed by atoms with van der Waals surface area (Å²) < 4.78 is 16.6. The van der Waals surface area contributed by atoms with E-state index in [9.17, 15) is 10.1 Å². The van der Waals surface area contributed by atoms with E-state index in [1.54, 1.807) is 18.2 Å². The number of nitrogens with zero attached hydrogens (tertiary/aromatic N) is 1. The van der Waals surface area contributed by atoms with E-state index in [0.29, 0.717) is 41.1 Å². The molecule has 2 aromatic carbocycles. The summed E-state index contributed by atoms with van der Waals surface area (Å²) in [5, 5.41) is 15.3. The molecule has 1 atom stereocenters. The Morgan fingerprint density at radius 1 is 1.36 bits per heavy atom. The number of hydrogen-bond acceptors (Lipinski definition) is 6. The van der Waals surface area contributed by atoms with Gasteiger partial charge in [-0.2, -0.15) is 5.26 Å². The lowest BCUT2D eigenvalue weighted by molar-refractivity contribution is -0.112. The van der Waals surface area contributed by atoms with Crippen molar-refractivity contribution in [1.29, 1.82) is 5.26 Å². The van der Waals surface area contributed by atoms with Gasteiger partial charge in [-0.15, -0.1) is 0 Å². The fourth-order valence-corrected chi connectivity index (χ4v) is 2.74. The Labute approximate surface area is 167 Å². The average molecular weight is 400 g/mol. The number of methoxy groups -OCH3 is 1. The summed E-state index contributed by atoms with van der Waals surface area (Å²) >= 11 is 5.95. The Morgan fingerprint density at radius 3 is 2.89 bits per heavy atom. The molecule has 3 rings (SSSR count). The summed E-state index contributed by atoms with van der Waals surface area (Å²) in [5.74, 6) is 1.22. The number of anilines is 1. The molecule has 1 aliphatic rings. The molecular formula is C20H18ClN3O4. The summed E-state index contributed by atoms with van der Waals surface area (Å²) in [6, 6.07) is 14.1. The molecule has 1 aliphatic heterocycles. The number of nitrogens with one attached hydrogen (secondary N) is 2. The van der Waals surface area contributed by atoms with Crippen LogP contribution in [0.1, 0.15) is 0 Å². The highest BCUT2D eigenvalue weighted by Gasteiger charge is 2.20. The molecule has 144 valence electrons. The van der Waals surface area contributed by atoms with Crippen molar-refractivity contribution in [1.82, 2.24) is 5.32 Å². The highest BCUT2D eigenvalue weighted by Crippen LogP contribution is 2.30. The van der Waals surface area contributed by atoms with Crippen LogP contribution in [0.3, 0.4) is 0 Å². The summed E-state index contributed by atoms with van der Waals surface area (Å²) in [7, 11) is 1.48. The van der Waals surface area contributed by atoms with Gasteiger partial charge in [0, 0.05) is 11.2 Å². The number of benzene rings is 2. The predicted molar refractivity (Wildman–Crippen MR) is 105 cm³/mol. The first kappa shape index (κ1) is 19.4. The van der Waals surface area contributed by atoms with Crippen LogP contribution in [0.5, 0.6) is 17.2 Å². The molecule has 0 saturated heterocycles. The number of hydrogen-bond donors (Lipinski definition) is 2. The molecule has 0 spiro atoms. The number of rotatable bonds is 6. The molecule has 7 nitrogen and oxygen atoms in total. The van der Waals surface area contributed by atoms with Crippen molar-refractivity contribution in [3.8, 4) is 23.3 Å². The van der Waals surface area contributed by atoms with Crippen molar-refractivity contribution in [3.05, 3.63) is 59.3 Å². The van der Waals surface area contributed by atoms with Gasteiger partial charge in [-0.1, -0.05) is 23.7 Å². The highest BCUT2D eigenvalue weighted by atomic mass is 35.5. The van der Waals surface area contributed by atoms with E-state index < -0.39 is 5.91 Å². The monoisotopic (exact) mass is 399 g/mol. The van der Waals surface area contributed by atoms with Gasteiger partial charge >= 0.3 is 0 Å². The van der Waals surface area contributed by atoms with Gasteiger partial charge in [-0.3, -0.25) is 4.79 Å². The number of halogens is 1. The summed E-state index contributed by atoms with van der Waals surface area (Å²) in [6.45, 7) is 0.735. The quantitative estimate of drug-likeness (QED) is 0.572. The van der Waals surface area contributed by atoms with Gasteiger partial charge in [0.05, 0.1) is 19.3 Å². The normalized spacial score (nSPS) is 15.3. The van der Waals surface area contributed by atoms with Crippen molar-refractivity contribution in [3.63, 3.8) is 0 Å². The van der Waals surface area contributed by atoms with Crippen molar-refractivity contribution < 1.29 is 19.0 Å². The SMILES string of the molecule is COc1ccc(Cl)cc1NC(=O)/C(C#N)=C\NCC1COc2ccccc2O1. The van der Waals surface area contributed by atoms with Crippen LogP contribution in [0.2, 0.25) is 5.02 Å². The molecule has 0 aliphatic carbocycles. The molecule has 1 heterocycles. The van der Waals surface area contributed by atoms with Crippen LogP contribution in [0.25, 0.3) is 0 Å². The fourth-order valence-electron chi connectivity index (χ4n) is 2.57. The van der Waals surface area contributed by atoms with Gasteiger partial charge in [0.1, 0.15) is 30.1 Å². The first-order valence-corrected chi connectivity index (χ1v) is 8.85. The molecular weight excluding hydrogens is 382 g/mol. The van der Waals surface area contributed by atoms with Crippen LogP contribution < -0.4 is 24.8 Å². The third-order valence-electron chi connectivity index (χ3n) is 3.93. The first-order chi connectivity index (χ1) is 13.6. The Morgan fingerprint density at radius 2 is 2.14 bits per heavy atom. The second-order valence-corrected chi connectivity index (χ2v) is 6.31. The zero-order chi connectivity index (χ0) is 19.9. The lowest BCUT2D eigenvalue weighted by Gasteiger charge is -2.26. The molecule has 0 radical (unpaired) electrons. The van der Waals surface area contributed by atoms with E-state index >= 15 is 0 Å². The third kappa shape index (κ3) is 4.67. The summed E-state index contributed by atoms with van der Waals surface area (Å²) in [4.78, 5) is 12.4. The van der Waals surface area contributed by atoms with Crippen LogP contribution in [0.15, 0.2) is 54.2 Å².